The van der Waals surface area contributed by atoms with Crippen molar-refractivity contribution >= 4 is 22.3 Å². The maximum Gasteiger partial charge on any atom is 0.416 e. The third-order valence-corrected chi connectivity index (χ3v) is 5.61. The number of rotatable bonds is 4. The van der Waals surface area contributed by atoms with Gasteiger partial charge < -0.3 is 21.3 Å². The predicted molar refractivity (Wildman–Crippen MR) is 114 cm³/mol. The van der Waals surface area contributed by atoms with Gasteiger partial charge in [0.1, 0.15) is 17.8 Å². The van der Waals surface area contributed by atoms with Crippen LogP contribution in [-0.4, -0.2) is 31.2 Å². The van der Waals surface area contributed by atoms with E-state index in [1.54, 1.807) is 12.1 Å². The van der Waals surface area contributed by atoms with Gasteiger partial charge in [-0.05, 0) is 42.3 Å². The van der Waals surface area contributed by atoms with E-state index in [-0.39, 0.29) is 5.56 Å². The van der Waals surface area contributed by atoms with Gasteiger partial charge in [-0.3, -0.25) is 0 Å². The molecule has 1 aliphatic heterocycles. The molecule has 0 saturated carbocycles. The van der Waals surface area contributed by atoms with Crippen LogP contribution in [0, 0.1) is 12.7 Å². The van der Waals surface area contributed by atoms with Gasteiger partial charge in [0.25, 0.3) is 0 Å². The Kier molecular flexibility index (Phi) is 5.72. The van der Waals surface area contributed by atoms with E-state index in [4.69, 9.17) is 5.73 Å². The minimum atomic E-state index is -4.47. The van der Waals surface area contributed by atoms with Crippen LogP contribution >= 0.6 is 0 Å². The number of aromatic nitrogens is 1. The number of pyridine rings is 1. The maximum atomic E-state index is 14.4. The van der Waals surface area contributed by atoms with Crippen LogP contribution in [0.4, 0.5) is 29.1 Å². The Hall–Kier alpha value is -2.91. The highest BCUT2D eigenvalue weighted by molar-refractivity contribution is 5.94. The molecule has 1 fully saturated rings. The Bertz CT molecular complexity index is 1090. The molecule has 0 aliphatic carbocycles. The van der Waals surface area contributed by atoms with Crippen molar-refractivity contribution in [2.75, 3.05) is 36.4 Å². The van der Waals surface area contributed by atoms with Crippen molar-refractivity contribution in [2.24, 2.45) is 5.73 Å². The number of nitrogens with zero attached hydrogens (tertiary/aromatic N) is 2. The highest BCUT2D eigenvalue weighted by Gasteiger charge is 2.33. The molecule has 2 aromatic carbocycles. The summed E-state index contributed by atoms with van der Waals surface area (Å²) in [7, 11) is 0. The largest absolute Gasteiger partial charge is 0.416 e. The molecule has 1 atom stereocenters. The van der Waals surface area contributed by atoms with E-state index in [0.717, 1.165) is 44.1 Å². The van der Waals surface area contributed by atoms with Crippen LogP contribution in [0.25, 0.3) is 10.8 Å². The highest BCUT2D eigenvalue weighted by atomic mass is 19.4. The van der Waals surface area contributed by atoms with Crippen molar-refractivity contribution in [2.45, 2.75) is 19.3 Å². The van der Waals surface area contributed by atoms with Crippen LogP contribution < -0.4 is 21.3 Å². The second-order valence-corrected chi connectivity index (χ2v) is 7.56. The van der Waals surface area contributed by atoms with E-state index in [9.17, 15) is 17.6 Å². The number of hydrogen-bond donors (Lipinski definition) is 3. The molecule has 1 aromatic heterocycles. The number of hydrogen-bond acceptors (Lipinski definition) is 5. The molecule has 4 N–H and O–H groups in total. The summed E-state index contributed by atoms with van der Waals surface area (Å²) in [6.07, 6.45) is -4.34. The molecule has 164 valence electrons. The minimum Gasteiger partial charge on any atom is -0.369 e. The quantitative estimate of drug-likeness (QED) is 0.426. The zero-order chi connectivity index (χ0) is 22.2. The van der Waals surface area contributed by atoms with Crippen molar-refractivity contribution in [3.63, 3.8) is 0 Å². The number of nitrogens with one attached hydrogen (secondary N) is 2. The summed E-state index contributed by atoms with van der Waals surface area (Å²) in [6, 6.07) is 9.28. The Morgan fingerprint density at radius 2 is 1.87 bits per heavy atom. The molecular weight excluding hydrogens is 410 g/mol. The summed E-state index contributed by atoms with van der Waals surface area (Å²) < 4.78 is 54.2. The van der Waals surface area contributed by atoms with Gasteiger partial charge in [-0.25, -0.2) is 9.37 Å². The molecule has 3 aromatic rings. The second-order valence-electron chi connectivity index (χ2n) is 7.56. The molecule has 1 aliphatic rings. The SMILES string of the molecule is Cc1c([C@@H](N)Nc2ncc(F)c3ccc(N4CCNCC4)cc23)cccc1C(F)(F)F. The normalized spacial score (nSPS) is 15.9. The van der Waals surface area contributed by atoms with Gasteiger partial charge in [-0.1, -0.05) is 12.1 Å². The molecule has 0 radical (unpaired) electrons. The molecule has 0 spiro atoms. The number of alkyl halides is 3. The van der Waals surface area contributed by atoms with Crippen LogP contribution in [0.5, 0.6) is 0 Å². The summed E-state index contributed by atoms with van der Waals surface area (Å²) in [5.74, 6) is -0.158. The lowest BCUT2D eigenvalue weighted by Crippen LogP contribution is -2.43. The predicted octanol–water partition coefficient (Wildman–Crippen LogP) is 4.18. The average Bonchev–Trinajstić information content (AvgIpc) is 2.75. The lowest BCUT2D eigenvalue weighted by Gasteiger charge is -2.29. The maximum absolute atomic E-state index is 14.4. The van der Waals surface area contributed by atoms with E-state index in [2.05, 4.69) is 20.5 Å². The smallest absolute Gasteiger partial charge is 0.369 e. The van der Waals surface area contributed by atoms with Gasteiger partial charge in [0.2, 0.25) is 0 Å². The molecule has 4 rings (SSSR count). The number of benzene rings is 2. The molecule has 31 heavy (non-hydrogen) atoms. The first-order chi connectivity index (χ1) is 14.8. The van der Waals surface area contributed by atoms with Crippen molar-refractivity contribution in [3.05, 3.63) is 65.1 Å². The summed E-state index contributed by atoms with van der Waals surface area (Å²) in [5.41, 5.74) is 6.75. The number of halogens is 4. The van der Waals surface area contributed by atoms with Crippen LogP contribution in [0.3, 0.4) is 0 Å². The van der Waals surface area contributed by atoms with Crippen LogP contribution in [-0.2, 0) is 6.18 Å². The number of piperazine rings is 1. The summed E-state index contributed by atoms with van der Waals surface area (Å²) in [5, 5.41) is 7.15. The van der Waals surface area contributed by atoms with E-state index < -0.39 is 23.7 Å². The fourth-order valence-electron chi connectivity index (χ4n) is 3.95. The topological polar surface area (TPSA) is 66.2 Å². The van der Waals surface area contributed by atoms with Gasteiger partial charge in [0.15, 0.2) is 0 Å². The third-order valence-electron chi connectivity index (χ3n) is 5.61. The standard InChI is InChI=1S/C22H23F4N5/c1-13-15(3-2-4-18(13)22(24,25)26)20(27)30-21-17-11-14(31-9-7-28-8-10-31)5-6-16(17)19(23)12-29-21/h2-6,11-12,20,28H,7-10,27H2,1H3,(H,29,30)/t20-/m0/s1. The fraction of sp³-hybridized carbons (Fsp3) is 0.318. The Labute approximate surface area is 177 Å². The van der Waals surface area contributed by atoms with Crippen molar-refractivity contribution in [3.8, 4) is 0 Å². The van der Waals surface area contributed by atoms with Gasteiger partial charge in [0.05, 0.1) is 11.8 Å². The van der Waals surface area contributed by atoms with Crippen molar-refractivity contribution in [1.29, 1.82) is 0 Å². The molecule has 0 amide bonds. The summed E-state index contributed by atoms with van der Waals surface area (Å²) >= 11 is 0. The number of fused-ring (bicyclic) bond motifs is 1. The highest BCUT2D eigenvalue weighted by Crippen LogP contribution is 2.35. The van der Waals surface area contributed by atoms with E-state index in [1.165, 1.54) is 13.0 Å². The lowest BCUT2D eigenvalue weighted by atomic mass is 10.00. The van der Waals surface area contributed by atoms with Crippen molar-refractivity contribution < 1.29 is 17.6 Å². The van der Waals surface area contributed by atoms with E-state index in [1.807, 2.05) is 12.1 Å². The van der Waals surface area contributed by atoms with Gasteiger partial charge in [0, 0.05) is 42.6 Å². The van der Waals surface area contributed by atoms with Crippen molar-refractivity contribution in [1.82, 2.24) is 10.3 Å². The Morgan fingerprint density at radius 1 is 1.13 bits per heavy atom. The van der Waals surface area contributed by atoms with Crippen LogP contribution in [0.1, 0.15) is 22.9 Å². The summed E-state index contributed by atoms with van der Waals surface area (Å²) in [4.78, 5) is 6.32. The molecule has 0 unspecified atom stereocenters. The van der Waals surface area contributed by atoms with Gasteiger partial charge >= 0.3 is 6.18 Å². The summed E-state index contributed by atoms with van der Waals surface area (Å²) in [6.45, 7) is 4.73. The van der Waals surface area contributed by atoms with E-state index in [0.29, 0.717) is 22.2 Å². The monoisotopic (exact) mass is 433 g/mol. The Morgan fingerprint density at radius 3 is 2.58 bits per heavy atom. The Balaban J connectivity index is 1.70. The minimum absolute atomic E-state index is 0.0444. The second kappa shape index (κ2) is 8.32. The van der Waals surface area contributed by atoms with Gasteiger partial charge in [-0.2, -0.15) is 13.2 Å². The van der Waals surface area contributed by atoms with Gasteiger partial charge in [-0.15, -0.1) is 0 Å². The van der Waals surface area contributed by atoms with Crippen LogP contribution in [0.15, 0.2) is 42.6 Å². The molecule has 0 bridgehead atoms. The first-order valence-corrected chi connectivity index (χ1v) is 9.98. The average molecular weight is 433 g/mol. The zero-order valence-corrected chi connectivity index (χ0v) is 16.9. The fourth-order valence-corrected chi connectivity index (χ4v) is 3.95. The molecular formula is C22H23F4N5. The molecule has 1 saturated heterocycles. The first-order valence-electron chi connectivity index (χ1n) is 9.98. The first kappa shape index (κ1) is 21.3. The number of anilines is 2. The van der Waals surface area contributed by atoms with E-state index >= 15 is 0 Å². The molecule has 2 heterocycles. The molecule has 5 nitrogen and oxygen atoms in total. The third kappa shape index (κ3) is 4.28. The lowest BCUT2D eigenvalue weighted by molar-refractivity contribution is -0.138. The number of nitrogens with two attached hydrogens (primary N) is 1. The van der Waals surface area contributed by atoms with Crippen LogP contribution in [0.2, 0.25) is 0 Å². The molecule has 9 heteroatoms. The zero-order valence-electron chi connectivity index (χ0n) is 16.9.